The van der Waals surface area contributed by atoms with Crippen molar-refractivity contribution in [2.75, 3.05) is 4.90 Å². The fourth-order valence-electron chi connectivity index (χ4n) is 3.67. The molecule has 1 atom stereocenters. The molecule has 7 nitrogen and oxygen atoms in total. The number of aromatic amines is 1. The van der Waals surface area contributed by atoms with Gasteiger partial charge >= 0.3 is 0 Å². The number of fused-ring (bicyclic) bond motifs is 1. The van der Waals surface area contributed by atoms with Crippen LogP contribution in [0.4, 0.5) is 5.95 Å². The minimum Gasteiger partial charge on any atom is -0.503 e. The third-order valence-electron chi connectivity index (χ3n) is 4.98. The maximum Gasteiger partial charge on any atom is 0.296 e. The Morgan fingerprint density at radius 1 is 1.24 bits per heavy atom. The molecule has 1 aliphatic heterocycles. The summed E-state index contributed by atoms with van der Waals surface area (Å²) in [5, 5.41) is 10.6. The molecule has 0 radical (unpaired) electrons. The number of aromatic nitrogens is 3. The molecule has 3 aromatic rings. The zero-order valence-electron chi connectivity index (χ0n) is 16.5. The molecular weight excluding hydrogens is 368 g/mol. The number of imidazole rings is 1. The number of carbonyl (C=O) groups is 2. The second-order valence-electron chi connectivity index (χ2n) is 7.72. The number of H-pyrrole nitrogens is 1. The molecule has 0 fully saturated rings. The van der Waals surface area contributed by atoms with Crippen molar-refractivity contribution in [3.05, 3.63) is 65.2 Å². The van der Waals surface area contributed by atoms with Gasteiger partial charge in [0.1, 0.15) is 0 Å². The number of ketones is 1. The van der Waals surface area contributed by atoms with Crippen LogP contribution in [0, 0.1) is 12.8 Å². The zero-order valence-corrected chi connectivity index (χ0v) is 16.5. The van der Waals surface area contributed by atoms with Crippen LogP contribution in [0.3, 0.4) is 0 Å². The highest BCUT2D eigenvalue weighted by Crippen LogP contribution is 2.41. The average molecular weight is 390 g/mol. The molecule has 1 aliphatic rings. The molecule has 2 aromatic heterocycles. The van der Waals surface area contributed by atoms with Crippen molar-refractivity contribution in [1.29, 1.82) is 0 Å². The third-order valence-corrected chi connectivity index (χ3v) is 4.98. The Kier molecular flexibility index (Phi) is 4.66. The lowest BCUT2D eigenvalue weighted by Crippen LogP contribution is -2.32. The second-order valence-corrected chi connectivity index (χ2v) is 7.72. The minimum absolute atomic E-state index is 0.0965. The predicted octanol–water partition coefficient (Wildman–Crippen LogP) is 3.78. The van der Waals surface area contributed by atoms with Gasteiger partial charge in [-0.15, -0.1) is 0 Å². The Bertz CT molecular complexity index is 1130. The summed E-state index contributed by atoms with van der Waals surface area (Å²) in [6, 6.07) is 8.44. The minimum atomic E-state index is -0.765. The third kappa shape index (κ3) is 3.29. The van der Waals surface area contributed by atoms with E-state index in [0.29, 0.717) is 11.1 Å². The summed E-state index contributed by atoms with van der Waals surface area (Å²) in [4.78, 5) is 39.0. The highest BCUT2D eigenvalue weighted by atomic mass is 16.3. The Morgan fingerprint density at radius 3 is 2.66 bits per heavy atom. The number of Topliss-reactive ketones (excluding diaryl/α,β-unsaturated/α-hetero) is 1. The van der Waals surface area contributed by atoms with E-state index in [2.05, 4.69) is 15.0 Å². The molecule has 3 heterocycles. The smallest absolute Gasteiger partial charge is 0.296 e. The van der Waals surface area contributed by atoms with E-state index in [0.717, 1.165) is 11.1 Å². The molecular formula is C22H22N4O3. The average Bonchev–Trinajstić information content (AvgIpc) is 3.20. The number of anilines is 1. The Labute approximate surface area is 168 Å². The number of nitrogens with zero attached hydrogens (tertiary/aromatic N) is 3. The first-order chi connectivity index (χ1) is 13.9. The molecule has 0 saturated heterocycles. The number of aryl methyl sites for hydroxylation is 1. The Balaban J connectivity index is 1.86. The quantitative estimate of drug-likeness (QED) is 0.691. The van der Waals surface area contributed by atoms with Crippen molar-refractivity contribution in [1.82, 2.24) is 15.0 Å². The fraction of sp³-hybridized carbons (Fsp3) is 0.273. The van der Waals surface area contributed by atoms with Crippen LogP contribution in [0.25, 0.3) is 11.0 Å². The number of nitrogens with one attached hydrogen (secondary N) is 1. The highest BCUT2D eigenvalue weighted by molar-refractivity contribution is 6.16. The first kappa shape index (κ1) is 18.9. The van der Waals surface area contributed by atoms with Crippen molar-refractivity contribution in [2.24, 2.45) is 5.92 Å². The summed E-state index contributed by atoms with van der Waals surface area (Å²) in [7, 11) is 0. The van der Waals surface area contributed by atoms with Gasteiger partial charge in [-0.1, -0.05) is 19.9 Å². The van der Waals surface area contributed by atoms with Gasteiger partial charge in [0.25, 0.3) is 5.91 Å². The number of amides is 1. The van der Waals surface area contributed by atoms with E-state index in [1.54, 1.807) is 24.5 Å². The van der Waals surface area contributed by atoms with Gasteiger partial charge in [-0.05, 0) is 48.2 Å². The number of hydrogen-bond acceptors (Lipinski definition) is 5. The first-order valence-corrected chi connectivity index (χ1v) is 9.53. The molecule has 0 bridgehead atoms. The Morgan fingerprint density at radius 2 is 1.97 bits per heavy atom. The standard InChI is InChI=1S/C22H22N4O3/c1-12(2)10-17(27)18-19(14-6-8-23-9-7-14)26(21(29)20(18)28)22-24-15-5-4-13(3)11-16(15)25-22/h4-9,11-12,19,28H,10H2,1-3H3,(H,24,25). The van der Waals surface area contributed by atoms with Crippen LogP contribution in [0.2, 0.25) is 0 Å². The summed E-state index contributed by atoms with van der Waals surface area (Å²) < 4.78 is 0. The molecule has 1 aromatic carbocycles. The lowest BCUT2D eigenvalue weighted by atomic mass is 9.93. The molecule has 0 saturated carbocycles. The van der Waals surface area contributed by atoms with Crippen molar-refractivity contribution >= 4 is 28.7 Å². The molecule has 1 unspecified atom stereocenters. The monoisotopic (exact) mass is 390 g/mol. The maximum absolute atomic E-state index is 13.0. The predicted molar refractivity (Wildman–Crippen MR) is 109 cm³/mol. The molecule has 0 spiro atoms. The van der Waals surface area contributed by atoms with Crippen molar-refractivity contribution in [3.8, 4) is 0 Å². The number of aliphatic hydroxyl groups excluding tert-OH is 1. The van der Waals surface area contributed by atoms with Crippen molar-refractivity contribution < 1.29 is 14.7 Å². The molecule has 29 heavy (non-hydrogen) atoms. The van der Waals surface area contributed by atoms with E-state index in [1.165, 1.54) is 4.90 Å². The Hall–Kier alpha value is -3.48. The van der Waals surface area contributed by atoms with Gasteiger partial charge < -0.3 is 10.1 Å². The topological polar surface area (TPSA) is 99.2 Å². The number of hydrogen-bond donors (Lipinski definition) is 2. The van der Waals surface area contributed by atoms with Gasteiger partial charge in [0, 0.05) is 18.8 Å². The summed E-state index contributed by atoms with van der Waals surface area (Å²) in [6.45, 7) is 5.82. The summed E-state index contributed by atoms with van der Waals surface area (Å²) in [5.41, 5.74) is 3.32. The van der Waals surface area contributed by atoms with E-state index in [-0.39, 0.29) is 29.6 Å². The van der Waals surface area contributed by atoms with E-state index >= 15 is 0 Å². The van der Waals surface area contributed by atoms with Crippen LogP contribution in [0.1, 0.15) is 37.4 Å². The molecule has 1 amide bonds. The number of rotatable bonds is 5. The summed E-state index contributed by atoms with van der Waals surface area (Å²) in [5.74, 6) is -1.03. The van der Waals surface area contributed by atoms with Crippen LogP contribution in [-0.4, -0.2) is 31.7 Å². The van der Waals surface area contributed by atoms with Crippen LogP contribution in [0.15, 0.2) is 54.1 Å². The molecule has 148 valence electrons. The molecule has 0 aliphatic carbocycles. The summed E-state index contributed by atoms with van der Waals surface area (Å²) >= 11 is 0. The lowest BCUT2D eigenvalue weighted by molar-refractivity contribution is -0.118. The van der Waals surface area contributed by atoms with Crippen LogP contribution in [0.5, 0.6) is 0 Å². The lowest BCUT2D eigenvalue weighted by Gasteiger charge is -2.24. The van der Waals surface area contributed by atoms with E-state index in [1.807, 2.05) is 39.0 Å². The van der Waals surface area contributed by atoms with Crippen LogP contribution < -0.4 is 4.90 Å². The first-order valence-electron chi connectivity index (χ1n) is 9.53. The zero-order chi connectivity index (χ0) is 20.7. The van der Waals surface area contributed by atoms with Crippen molar-refractivity contribution in [2.45, 2.75) is 33.2 Å². The van der Waals surface area contributed by atoms with Crippen LogP contribution in [-0.2, 0) is 9.59 Å². The maximum atomic E-state index is 13.0. The van der Waals surface area contributed by atoms with E-state index in [4.69, 9.17) is 0 Å². The molecule has 2 N–H and O–H groups in total. The normalized spacial score (nSPS) is 17.0. The number of aliphatic hydroxyl groups is 1. The van der Waals surface area contributed by atoms with Gasteiger partial charge in [0.2, 0.25) is 5.95 Å². The van der Waals surface area contributed by atoms with E-state index in [9.17, 15) is 14.7 Å². The number of carbonyl (C=O) groups excluding carboxylic acids is 2. The van der Waals surface area contributed by atoms with Gasteiger partial charge in [0.05, 0.1) is 22.6 Å². The molecule has 4 rings (SSSR count). The van der Waals surface area contributed by atoms with E-state index < -0.39 is 17.7 Å². The number of pyridine rings is 1. The largest absolute Gasteiger partial charge is 0.503 e. The SMILES string of the molecule is Cc1ccc2nc(N3C(=O)C(O)=C(C(=O)CC(C)C)C3c3ccncc3)[nH]c2c1. The highest BCUT2D eigenvalue weighted by Gasteiger charge is 2.45. The van der Waals surface area contributed by atoms with Crippen LogP contribution >= 0.6 is 0 Å². The van der Waals surface area contributed by atoms with Gasteiger partial charge in [-0.2, -0.15) is 0 Å². The van der Waals surface area contributed by atoms with Gasteiger partial charge in [-0.3, -0.25) is 19.5 Å². The number of benzene rings is 1. The fourth-order valence-corrected chi connectivity index (χ4v) is 3.67. The van der Waals surface area contributed by atoms with Crippen molar-refractivity contribution in [3.63, 3.8) is 0 Å². The second kappa shape index (κ2) is 7.16. The van der Waals surface area contributed by atoms with Gasteiger partial charge in [-0.25, -0.2) is 4.98 Å². The summed E-state index contributed by atoms with van der Waals surface area (Å²) in [6.07, 6.45) is 3.43. The van der Waals surface area contributed by atoms with Gasteiger partial charge in [0.15, 0.2) is 11.5 Å². The molecule has 7 heteroatoms.